The summed E-state index contributed by atoms with van der Waals surface area (Å²) in [7, 11) is 3.51. The Balaban J connectivity index is 1.84. The standard InChI is InChI=1S/C15H22N4O/c1-10-13-8-16-7-11(13)9-19(10)12-4-5-17-14(6-12)15(20)18(2)3/h4-6,10-11,13,16H,7-9H2,1-3H3. The summed E-state index contributed by atoms with van der Waals surface area (Å²) in [6.45, 7) is 5.57. The van der Waals surface area contributed by atoms with Crippen LogP contribution < -0.4 is 10.2 Å². The first-order valence-corrected chi connectivity index (χ1v) is 7.23. The summed E-state index contributed by atoms with van der Waals surface area (Å²) in [6, 6.07) is 4.45. The van der Waals surface area contributed by atoms with Gasteiger partial charge in [-0.1, -0.05) is 0 Å². The van der Waals surface area contributed by atoms with Gasteiger partial charge in [-0.3, -0.25) is 9.78 Å². The number of anilines is 1. The van der Waals surface area contributed by atoms with Gasteiger partial charge in [-0.05, 0) is 30.9 Å². The smallest absolute Gasteiger partial charge is 0.272 e. The van der Waals surface area contributed by atoms with E-state index in [0.717, 1.165) is 37.2 Å². The molecule has 5 nitrogen and oxygen atoms in total. The molecule has 0 saturated carbocycles. The number of fused-ring (bicyclic) bond motifs is 1. The highest BCUT2D eigenvalue weighted by atomic mass is 16.2. The van der Waals surface area contributed by atoms with E-state index in [4.69, 9.17) is 0 Å². The molecule has 1 aromatic heterocycles. The number of hydrogen-bond acceptors (Lipinski definition) is 4. The third-order valence-corrected chi connectivity index (χ3v) is 4.63. The van der Waals surface area contributed by atoms with Crippen LogP contribution in [0.5, 0.6) is 0 Å². The molecule has 3 unspecified atom stereocenters. The van der Waals surface area contributed by atoms with E-state index in [1.54, 1.807) is 25.2 Å². The van der Waals surface area contributed by atoms with Crippen LogP contribution in [0.4, 0.5) is 5.69 Å². The van der Waals surface area contributed by atoms with Crippen molar-refractivity contribution in [3.63, 3.8) is 0 Å². The second kappa shape index (κ2) is 5.05. The lowest BCUT2D eigenvalue weighted by Crippen LogP contribution is -2.33. The van der Waals surface area contributed by atoms with Gasteiger partial charge in [-0.2, -0.15) is 0 Å². The summed E-state index contributed by atoms with van der Waals surface area (Å²) in [5.41, 5.74) is 1.64. The minimum Gasteiger partial charge on any atom is -0.368 e. The maximum atomic E-state index is 12.0. The van der Waals surface area contributed by atoms with Gasteiger partial charge in [0, 0.05) is 51.7 Å². The first-order chi connectivity index (χ1) is 9.58. The first-order valence-electron chi connectivity index (χ1n) is 7.23. The fraction of sp³-hybridized carbons (Fsp3) is 0.600. The maximum absolute atomic E-state index is 12.0. The van der Waals surface area contributed by atoms with Crippen LogP contribution in [0.15, 0.2) is 18.3 Å². The lowest BCUT2D eigenvalue weighted by Gasteiger charge is -2.27. The molecule has 0 aliphatic carbocycles. The number of rotatable bonds is 2. The van der Waals surface area contributed by atoms with E-state index in [2.05, 4.69) is 22.1 Å². The molecule has 2 saturated heterocycles. The van der Waals surface area contributed by atoms with Crippen LogP contribution in [0.2, 0.25) is 0 Å². The molecule has 108 valence electrons. The lowest BCUT2D eigenvalue weighted by molar-refractivity contribution is 0.0822. The van der Waals surface area contributed by atoms with Gasteiger partial charge >= 0.3 is 0 Å². The zero-order chi connectivity index (χ0) is 14.3. The van der Waals surface area contributed by atoms with Crippen molar-refractivity contribution in [1.29, 1.82) is 0 Å². The predicted molar refractivity (Wildman–Crippen MR) is 78.9 cm³/mol. The Bertz CT molecular complexity index is 516. The number of nitrogens with one attached hydrogen (secondary N) is 1. The van der Waals surface area contributed by atoms with Crippen LogP contribution in [0.25, 0.3) is 0 Å². The fourth-order valence-corrected chi connectivity index (χ4v) is 3.45. The molecule has 0 bridgehead atoms. The molecule has 2 fully saturated rings. The number of hydrogen-bond donors (Lipinski definition) is 1. The molecular weight excluding hydrogens is 252 g/mol. The van der Waals surface area contributed by atoms with Crippen molar-refractivity contribution in [1.82, 2.24) is 15.2 Å². The molecule has 0 spiro atoms. The summed E-state index contributed by atoms with van der Waals surface area (Å²) in [5.74, 6) is 1.41. The Labute approximate surface area is 120 Å². The van der Waals surface area contributed by atoms with Crippen molar-refractivity contribution in [3.05, 3.63) is 24.0 Å². The summed E-state index contributed by atoms with van der Waals surface area (Å²) < 4.78 is 0. The number of aromatic nitrogens is 1. The largest absolute Gasteiger partial charge is 0.368 e. The Morgan fingerprint density at radius 2 is 2.25 bits per heavy atom. The average molecular weight is 274 g/mol. The summed E-state index contributed by atoms with van der Waals surface area (Å²) in [4.78, 5) is 20.2. The minimum atomic E-state index is -0.0411. The highest BCUT2D eigenvalue weighted by Crippen LogP contribution is 2.35. The SMILES string of the molecule is CC1C2CNCC2CN1c1ccnc(C(=O)N(C)C)c1. The molecule has 20 heavy (non-hydrogen) atoms. The van der Waals surface area contributed by atoms with E-state index >= 15 is 0 Å². The van der Waals surface area contributed by atoms with E-state index in [1.165, 1.54) is 0 Å². The van der Waals surface area contributed by atoms with Crippen LogP contribution in [0.1, 0.15) is 17.4 Å². The highest BCUT2D eigenvalue weighted by Gasteiger charge is 2.41. The maximum Gasteiger partial charge on any atom is 0.272 e. The molecule has 1 aromatic rings. The van der Waals surface area contributed by atoms with Crippen LogP contribution in [-0.4, -0.2) is 55.6 Å². The van der Waals surface area contributed by atoms with Crippen LogP contribution in [-0.2, 0) is 0 Å². The summed E-state index contributed by atoms with van der Waals surface area (Å²) in [6.07, 6.45) is 1.74. The van der Waals surface area contributed by atoms with Crippen molar-refractivity contribution < 1.29 is 4.79 Å². The van der Waals surface area contributed by atoms with Crippen LogP contribution >= 0.6 is 0 Å². The number of carbonyl (C=O) groups is 1. The van der Waals surface area contributed by atoms with Crippen molar-refractivity contribution >= 4 is 11.6 Å². The molecule has 5 heteroatoms. The number of carbonyl (C=O) groups excluding carboxylic acids is 1. The Morgan fingerprint density at radius 1 is 1.45 bits per heavy atom. The Morgan fingerprint density at radius 3 is 2.95 bits per heavy atom. The van der Waals surface area contributed by atoms with E-state index in [9.17, 15) is 4.79 Å². The molecule has 2 aliphatic heterocycles. The summed E-state index contributed by atoms with van der Waals surface area (Å²) >= 11 is 0. The van der Waals surface area contributed by atoms with Crippen molar-refractivity contribution in [2.75, 3.05) is 38.6 Å². The summed E-state index contributed by atoms with van der Waals surface area (Å²) in [5, 5.41) is 3.47. The Hall–Kier alpha value is -1.62. The lowest BCUT2D eigenvalue weighted by atomic mass is 9.95. The number of pyridine rings is 1. The Kier molecular flexibility index (Phi) is 3.38. The van der Waals surface area contributed by atoms with Crippen molar-refractivity contribution in [3.8, 4) is 0 Å². The number of amides is 1. The van der Waals surface area contributed by atoms with Gasteiger partial charge in [-0.15, -0.1) is 0 Å². The van der Waals surface area contributed by atoms with E-state index in [1.807, 2.05) is 12.1 Å². The molecule has 1 amide bonds. The third kappa shape index (κ3) is 2.16. The van der Waals surface area contributed by atoms with Gasteiger partial charge < -0.3 is 15.1 Å². The predicted octanol–water partition coefficient (Wildman–Crippen LogP) is 0.827. The number of nitrogens with zero attached hydrogens (tertiary/aromatic N) is 3. The molecule has 3 rings (SSSR count). The van der Waals surface area contributed by atoms with E-state index in [-0.39, 0.29) is 5.91 Å². The highest BCUT2D eigenvalue weighted by molar-refractivity contribution is 5.92. The molecule has 3 heterocycles. The van der Waals surface area contributed by atoms with Gasteiger partial charge in [0.15, 0.2) is 0 Å². The monoisotopic (exact) mass is 274 g/mol. The van der Waals surface area contributed by atoms with Crippen LogP contribution in [0, 0.1) is 11.8 Å². The minimum absolute atomic E-state index is 0.0411. The fourth-order valence-electron chi connectivity index (χ4n) is 3.45. The average Bonchev–Trinajstić information content (AvgIpc) is 3.01. The van der Waals surface area contributed by atoms with E-state index in [0.29, 0.717) is 11.7 Å². The zero-order valence-electron chi connectivity index (χ0n) is 12.3. The van der Waals surface area contributed by atoms with Gasteiger partial charge in [0.2, 0.25) is 0 Å². The second-order valence-electron chi connectivity index (χ2n) is 6.07. The normalized spacial score (nSPS) is 28.6. The van der Waals surface area contributed by atoms with E-state index < -0.39 is 0 Å². The zero-order valence-corrected chi connectivity index (χ0v) is 12.3. The molecule has 3 atom stereocenters. The van der Waals surface area contributed by atoms with Crippen molar-refractivity contribution in [2.24, 2.45) is 11.8 Å². The second-order valence-corrected chi connectivity index (χ2v) is 6.07. The quantitative estimate of drug-likeness (QED) is 0.868. The van der Waals surface area contributed by atoms with Crippen LogP contribution in [0.3, 0.4) is 0 Å². The topological polar surface area (TPSA) is 48.5 Å². The first kappa shape index (κ1) is 13.4. The van der Waals surface area contributed by atoms with Gasteiger partial charge in [0.1, 0.15) is 5.69 Å². The van der Waals surface area contributed by atoms with Gasteiger partial charge in [0.05, 0.1) is 0 Å². The molecule has 1 N–H and O–H groups in total. The molecule has 2 aliphatic rings. The third-order valence-electron chi connectivity index (χ3n) is 4.63. The van der Waals surface area contributed by atoms with Crippen molar-refractivity contribution in [2.45, 2.75) is 13.0 Å². The van der Waals surface area contributed by atoms with Gasteiger partial charge in [-0.25, -0.2) is 0 Å². The molecular formula is C15H22N4O. The van der Waals surface area contributed by atoms with Gasteiger partial charge in [0.25, 0.3) is 5.91 Å². The molecule has 0 radical (unpaired) electrons. The molecule has 0 aromatic carbocycles.